The van der Waals surface area contributed by atoms with Gasteiger partial charge in [0, 0.05) is 44.5 Å². The number of hydrogen-bond donors (Lipinski definition) is 1. The SMILES string of the molecule is NC(=NCCc1csc(N2CCCC2)n1)N1CCCCCC1. The summed E-state index contributed by atoms with van der Waals surface area (Å²) >= 11 is 1.76. The van der Waals surface area contributed by atoms with Crippen molar-refractivity contribution in [1.82, 2.24) is 9.88 Å². The molecular formula is C16H27N5S. The van der Waals surface area contributed by atoms with E-state index in [-0.39, 0.29) is 0 Å². The van der Waals surface area contributed by atoms with Crippen LogP contribution in [0.4, 0.5) is 5.13 Å². The number of likely N-dealkylation sites (tertiary alicyclic amines) is 1. The fraction of sp³-hybridized carbons (Fsp3) is 0.750. The van der Waals surface area contributed by atoms with E-state index in [0.29, 0.717) is 0 Å². The van der Waals surface area contributed by atoms with Gasteiger partial charge in [-0.1, -0.05) is 12.8 Å². The normalized spacial score (nSPS) is 20.5. The zero-order valence-corrected chi connectivity index (χ0v) is 14.2. The highest BCUT2D eigenvalue weighted by Gasteiger charge is 2.15. The summed E-state index contributed by atoms with van der Waals surface area (Å²) in [7, 11) is 0. The summed E-state index contributed by atoms with van der Waals surface area (Å²) in [5, 5.41) is 3.35. The minimum absolute atomic E-state index is 0.719. The second-order valence-electron chi connectivity index (χ2n) is 6.21. The Bertz CT molecular complexity index is 484. The molecule has 0 atom stereocenters. The van der Waals surface area contributed by atoms with Gasteiger partial charge in [0.2, 0.25) is 0 Å². The molecule has 5 nitrogen and oxygen atoms in total. The number of thiazole rings is 1. The molecule has 122 valence electrons. The van der Waals surface area contributed by atoms with Crippen molar-refractivity contribution >= 4 is 22.4 Å². The van der Waals surface area contributed by atoms with Crippen LogP contribution >= 0.6 is 11.3 Å². The van der Waals surface area contributed by atoms with E-state index < -0.39 is 0 Å². The first-order valence-corrected chi connectivity index (χ1v) is 9.45. The molecule has 0 aliphatic carbocycles. The monoisotopic (exact) mass is 321 g/mol. The van der Waals surface area contributed by atoms with E-state index in [4.69, 9.17) is 10.7 Å². The van der Waals surface area contributed by atoms with Gasteiger partial charge in [-0.05, 0) is 25.7 Å². The minimum atomic E-state index is 0.719. The van der Waals surface area contributed by atoms with E-state index in [1.165, 1.54) is 43.7 Å². The zero-order chi connectivity index (χ0) is 15.2. The topological polar surface area (TPSA) is 57.8 Å². The van der Waals surface area contributed by atoms with E-state index in [0.717, 1.165) is 50.8 Å². The fourth-order valence-corrected chi connectivity index (χ4v) is 4.06. The van der Waals surface area contributed by atoms with Crippen molar-refractivity contribution < 1.29 is 0 Å². The smallest absolute Gasteiger partial charge is 0.191 e. The Morgan fingerprint density at radius 3 is 2.50 bits per heavy atom. The van der Waals surface area contributed by atoms with Crippen molar-refractivity contribution in [2.45, 2.75) is 44.9 Å². The van der Waals surface area contributed by atoms with Gasteiger partial charge in [-0.3, -0.25) is 4.99 Å². The molecule has 3 heterocycles. The Labute approximate surface area is 137 Å². The Balaban J connectivity index is 1.48. The van der Waals surface area contributed by atoms with Gasteiger partial charge in [-0.25, -0.2) is 4.98 Å². The van der Waals surface area contributed by atoms with Crippen molar-refractivity contribution in [1.29, 1.82) is 0 Å². The standard InChI is InChI=1S/C16H27N5S/c17-15(20-9-3-1-2-4-10-20)18-8-7-14-13-22-16(19-14)21-11-5-6-12-21/h13H,1-12H2,(H2,17,18). The summed E-state index contributed by atoms with van der Waals surface area (Å²) < 4.78 is 0. The molecule has 0 unspecified atom stereocenters. The quantitative estimate of drug-likeness (QED) is 0.684. The largest absolute Gasteiger partial charge is 0.370 e. The molecule has 2 aliphatic heterocycles. The number of aliphatic imine (C=N–C) groups is 1. The van der Waals surface area contributed by atoms with E-state index in [2.05, 4.69) is 20.2 Å². The first-order valence-electron chi connectivity index (χ1n) is 8.57. The number of aromatic nitrogens is 1. The lowest BCUT2D eigenvalue weighted by atomic mass is 10.2. The third-order valence-corrected chi connectivity index (χ3v) is 5.44. The Kier molecular flexibility index (Phi) is 5.53. The highest BCUT2D eigenvalue weighted by molar-refractivity contribution is 7.13. The van der Waals surface area contributed by atoms with Gasteiger partial charge in [0.15, 0.2) is 11.1 Å². The van der Waals surface area contributed by atoms with Crippen LogP contribution in [0, 0.1) is 0 Å². The van der Waals surface area contributed by atoms with Crippen molar-refractivity contribution in [3.63, 3.8) is 0 Å². The maximum absolute atomic E-state index is 6.14. The van der Waals surface area contributed by atoms with Gasteiger partial charge in [-0.15, -0.1) is 11.3 Å². The van der Waals surface area contributed by atoms with Crippen LogP contribution in [0.25, 0.3) is 0 Å². The van der Waals surface area contributed by atoms with Crippen LogP contribution in [0.2, 0.25) is 0 Å². The second-order valence-corrected chi connectivity index (χ2v) is 7.04. The number of nitrogens with zero attached hydrogens (tertiary/aromatic N) is 4. The molecule has 2 fully saturated rings. The van der Waals surface area contributed by atoms with Crippen LogP contribution < -0.4 is 10.6 Å². The van der Waals surface area contributed by atoms with E-state index in [1.807, 2.05) is 0 Å². The lowest BCUT2D eigenvalue weighted by Gasteiger charge is -2.20. The van der Waals surface area contributed by atoms with E-state index in [9.17, 15) is 0 Å². The van der Waals surface area contributed by atoms with Crippen LogP contribution in [0.5, 0.6) is 0 Å². The molecule has 1 aromatic rings. The van der Waals surface area contributed by atoms with Gasteiger partial charge in [0.05, 0.1) is 5.69 Å². The third-order valence-electron chi connectivity index (χ3n) is 4.49. The minimum Gasteiger partial charge on any atom is -0.370 e. The fourth-order valence-electron chi connectivity index (χ4n) is 3.15. The zero-order valence-electron chi connectivity index (χ0n) is 13.3. The average Bonchev–Trinajstić information content (AvgIpc) is 3.13. The predicted molar refractivity (Wildman–Crippen MR) is 93.8 cm³/mol. The molecule has 0 amide bonds. The molecule has 2 saturated heterocycles. The molecule has 2 N–H and O–H groups in total. The Morgan fingerprint density at radius 1 is 1.09 bits per heavy atom. The molecule has 1 aromatic heterocycles. The summed E-state index contributed by atoms with van der Waals surface area (Å²) in [6.45, 7) is 5.18. The molecule has 6 heteroatoms. The van der Waals surface area contributed by atoms with Gasteiger partial charge < -0.3 is 15.5 Å². The lowest BCUT2D eigenvalue weighted by molar-refractivity contribution is 0.428. The number of nitrogens with two attached hydrogens (primary N) is 1. The number of rotatable bonds is 4. The van der Waals surface area contributed by atoms with Crippen molar-refractivity contribution in [2.24, 2.45) is 10.7 Å². The molecule has 2 aliphatic rings. The number of anilines is 1. The number of guanidine groups is 1. The highest BCUT2D eigenvalue weighted by Crippen LogP contribution is 2.24. The highest BCUT2D eigenvalue weighted by atomic mass is 32.1. The maximum Gasteiger partial charge on any atom is 0.191 e. The Morgan fingerprint density at radius 2 is 1.77 bits per heavy atom. The van der Waals surface area contributed by atoms with Crippen LogP contribution in [0.3, 0.4) is 0 Å². The molecular weight excluding hydrogens is 294 g/mol. The molecule has 0 aromatic carbocycles. The predicted octanol–water partition coefficient (Wildman–Crippen LogP) is 2.48. The maximum atomic E-state index is 6.14. The van der Waals surface area contributed by atoms with E-state index in [1.54, 1.807) is 11.3 Å². The van der Waals surface area contributed by atoms with Crippen LogP contribution in [-0.4, -0.2) is 48.6 Å². The van der Waals surface area contributed by atoms with Gasteiger partial charge in [0.1, 0.15) is 0 Å². The lowest BCUT2D eigenvalue weighted by Crippen LogP contribution is -2.38. The van der Waals surface area contributed by atoms with E-state index >= 15 is 0 Å². The van der Waals surface area contributed by atoms with Crippen LogP contribution in [0.15, 0.2) is 10.4 Å². The van der Waals surface area contributed by atoms with Gasteiger partial charge in [0.25, 0.3) is 0 Å². The van der Waals surface area contributed by atoms with Gasteiger partial charge in [-0.2, -0.15) is 0 Å². The summed E-state index contributed by atoms with van der Waals surface area (Å²) in [6.07, 6.45) is 8.60. The molecule has 0 spiro atoms. The van der Waals surface area contributed by atoms with Crippen molar-refractivity contribution in [3.05, 3.63) is 11.1 Å². The summed E-state index contributed by atoms with van der Waals surface area (Å²) in [4.78, 5) is 13.9. The Hall–Kier alpha value is -1.30. The molecule has 22 heavy (non-hydrogen) atoms. The summed E-state index contributed by atoms with van der Waals surface area (Å²) in [5.74, 6) is 0.719. The molecule has 0 saturated carbocycles. The molecule has 0 bridgehead atoms. The third kappa shape index (κ3) is 4.12. The van der Waals surface area contributed by atoms with Crippen LogP contribution in [-0.2, 0) is 6.42 Å². The van der Waals surface area contributed by atoms with Crippen molar-refractivity contribution in [2.75, 3.05) is 37.6 Å². The average molecular weight is 321 g/mol. The van der Waals surface area contributed by atoms with Gasteiger partial charge >= 0.3 is 0 Å². The summed E-state index contributed by atoms with van der Waals surface area (Å²) in [5.41, 5.74) is 7.29. The number of hydrogen-bond acceptors (Lipinski definition) is 4. The molecule has 3 rings (SSSR count). The molecule has 0 radical (unpaired) electrons. The first-order chi connectivity index (χ1) is 10.8. The second kappa shape index (κ2) is 7.81. The summed E-state index contributed by atoms with van der Waals surface area (Å²) in [6, 6.07) is 0. The first kappa shape index (κ1) is 15.6. The van der Waals surface area contributed by atoms with Crippen molar-refractivity contribution in [3.8, 4) is 0 Å². The van der Waals surface area contributed by atoms with Crippen LogP contribution in [0.1, 0.15) is 44.2 Å².